The Hall–Kier alpha value is -0.980. The first kappa shape index (κ1) is 14.4. The van der Waals surface area contributed by atoms with Gasteiger partial charge < -0.3 is 4.74 Å². The second-order valence-electron chi connectivity index (χ2n) is 4.63. The Balaban J connectivity index is 2.17. The molecule has 1 saturated heterocycles. The van der Waals surface area contributed by atoms with Crippen molar-refractivity contribution in [2.24, 2.45) is 0 Å². The molecule has 4 nitrogen and oxygen atoms in total. The predicted molar refractivity (Wildman–Crippen MR) is 70.7 cm³/mol. The second-order valence-corrected chi connectivity index (χ2v) is 6.62. The number of sulfonamides is 1. The van der Waals surface area contributed by atoms with Gasteiger partial charge in [0, 0.05) is 18.2 Å². The number of hydrogen-bond donors (Lipinski definition) is 1. The van der Waals surface area contributed by atoms with Gasteiger partial charge in [-0.05, 0) is 18.9 Å². The Kier molecular flexibility index (Phi) is 4.54. The summed E-state index contributed by atoms with van der Waals surface area (Å²) in [6.07, 6.45) is 0.983. The molecule has 106 valence electrons. The van der Waals surface area contributed by atoms with Gasteiger partial charge >= 0.3 is 0 Å². The van der Waals surface area contributed by atoms with Gasteiger partial charge in [-0.15, -0.1) is 0 Å². The van der Waals surface area contributed by atoms with Crippen LogP contribution in [0.3, 0.4) is 0 Å². The standard InChI is InChI=1S/C13H18FNO3S/c1-2-13(11-5-3-4-6-12(11)14)15-19(16,17)10-7-8-18-9-10/h3-6,10,13,15H,2,7-9H2,1H3/t10?,13-/m0/s1. The fraction of sp³-hybridized carbons (Fsp3) is 0.538. The summed E-state index contributed by atoms with van der Waals surface area (Å²) >= 11 is 0. The maximum atomic E-state index is 13.7. The van der Waals surface area contributed by atoms with Gasteiger partial charge in [0.1, 0.15) is 11.1 Å². The van der Waals surface area contributed by atoms with Crippen LogP contribution in [0, 0.1) is 5.82 Å². The van der Waals surface area contributed by atoms with Gasteiger partial charge in [0.15, 0.2) is 0 Å². The third-order valence-electron chi connectivity index (χ3n) is 3.32. The molecule has 1 aromatic rings. The molecule has 0 radical (unpaired) electrons. The van der Waals surface area contributed by atoms with Crippen LogP contribution in [0.2, 0.25) is 0 Å². The summed E-state index contributed by atoms with van der Waals surface area (Å²) in [4.78, 5) is 0. The highest BCUT2D eigenvalue weighted by atomic mass is 32.2. The molecule has 0 aromatic heterocycles. The Morgan fingerprint density at radius 2 is 2.21 bits per heavy atom. The minimum atomic E-state index is -3.48. The number of rotatable bonds is 5. The van der Waals surface area contributed by atoms with E-state index >= 15 is 0 Å². The molecule has 1 fully saturated rings. The topological polar surface area (TPSA) is 55.4 Å². The monoisotopic (exact) mass is 287 g/mol. The third kappa shape index (κ3) is 3.32. The molecule has 1 heterocycles. The summed E-state index contributed by atoms with van der Waals surface area (Å²) in [5.41, 5.74) is 0.382. The van der Waals surface area contributed by atoms with E-state index < -0.39 is 21.3 Å². The number of hydrogen-bond acceptors (Lipinski definition) is 3. The van der Waals surface area contributed by atoms with E-state index in [1.54, 1.807) is 18.2 Å². The summed E-state index contributed by atoms with van der Waals surface area (Å²) in [5.74, 6) is -0.389. The third-order valence-corrected chi connectivity index (χ3v) is 5.18. The molecule has 19 heavy (non-hydrogen) atoms. The average Bonchev–Trinajstić information content (AvgIpc) is 2.91. The largest absolute Gasteiger partial charge is 0.380 e. The summed E-state index contributed by atoms with van der Waals surface area (Å²) in [7, 11) is -3.48. The number of ether oxygens (including phenoxy) is 1. The Labute approximate surface area is 113 Å². The van der Waals surface area contributed by atoms with E-state index in [4.69, 9.17) is 4.74 Å². The van der Waals surface area contributed by atoms with E-state index in [9.17, 15) is 12.8 Å². The molecular formula is C13H18FNO3S. The molecule has 2 rings (SSSR count). The fourth-order valence-electron chi connectivity index (χ4n) is 2.18. The molecule has 1 N–H and O–H groups in total. The molecule has 0 aliphatic carbocycles. The van der Waals surface area contributed by atoms with Crippen LogP contribution in [0.5, 0.6) is 0 Å². The van der Waals surface area contributed by atoms with E-state index in [1.807, 2.05) is 6.92 Å². The molecule has 1 aromatic carbocycles. The molecule has 0 amide bonds. The van der Waals surface area contributed by atoms with Gasteiger partial charge in [-0.1, -0.05) is 25.1 Å². The lowest BCUT2D eigenvalue weighted by molar-refractivity contribution is 0.198. The summed E-state index contributed by atoms with van der Waals surface area (Å²) < 4.78 is 45.8. The Morgan fingerprint density at radius 3 is 2.79 bits per heavy atom. The van der Waals surface area contributed by atoms with Crippen LogP contribution < -0.4 is 4.72 Å². The zero-order chi connectivity index (χ0) is 13.9. The van der Waals surface area contributed by atoms with E-state index in [2.05, 4.69) is 4.72 Å². The maximum Gasteiger partial charge on any atom is 0.217 e. The van der Waals surface area contributed by atoms with Crippen LogP contribution in [0.4, 0.5) is 4.39 Å². The van der Waals surface area contributed by atoms with Gasteiger partial charge in [-0.3, -0.25) is 0 Å². The number of benzene rings is 1. The average molecular weight is 287 g/mol. The van der Waals surface area contributed by atoms with E-state index in [0.29, 0.717) is 25.0 Å². The molecule has 1 unspecified atom stereocenters. The van der Waals surface area contributed by atoms with Crippen LogP contribution in [-0.4, -0.2) is 26.9 Å². The quantitative estimate of drug-likeness (QED) is 0.901. The molecule has 0 spiro atoms. The minimum Gasteiger partial charge on any atom is -0.380 e. The smallest absolute Gasteiger partial charge is 0.217 e. The van der Waals surface area contributed by atoms with E-state index in [1.165, 1.54) is 6.07 Å². The first-order valence-corrected chi connectivity index (χ1v) is 7.92. The Bertz CT molecular complexity index is 526. The maximum absolute atomic E-state index is 13.7. The van der Waals surface area contributed by atoms with Gasteiger partial charge in [0.05, 0.1) is 6.61 Å². The normalized spacial score (nSPS) is 21.5. The van der Waals surface area contributed by atoms with Gasteiger partial charge in [-0.2, -0.15) is 0 Å². The molecule has 1 aliphatic rings. The van der Waals surface area contributed by atoms with Crippen LogP contribution in [0.15, 0.2) is 24.3 Å². The molecule has 2 atom stereocenters. The van der Waals surface area contributed by atoms with Gasteiger partial charge in [0.2, 0.25) is 10.0 Å². The number of halogens is 1. The van der Waals surface area contributed by atoms with Crippen molar-refractivity contribution >= 4 is 10.0 Å². The van der Waals surface area contributed by atoms with Crippen LogP contribution in [0.1, 0.15) is 31.4 Å². The lowest BCUT2D eigenvalue weighted by Crippen LogP contribution is -2.37. The van der Waals surface area contributed by atoms with Crippen molar-refractivity contribution in [2.45, 2.75) is 31.1 Å². The molecule has 0 saturated carbocycles. The van der Waals surface area contributed by atoms with E-state index in [-0.39, 0.29) is 12.4 Å². The van der Waals surface area contributed by atoms with E-state index in [0.717, 1.165) is 0 Å². The van der Waals surface area contributed by atoms with Crippen LogP contribution in [-0.2, 0) is 14.8 Å². The van der Waals surface area contributed by atoms with Crippen molar-refractivity contribution in [3.8, 4) is 0 Å². The highest BCUT2D eigenvalue weighted by Crippen LogP contribution is 2.23. The minimum absolute atomic E-state index is 0.211. The SMILES string of the molecule is CC[C@H](NS(=O)(=O)C1CCOC1)c1ccccc1F. The van der Waals surface area contributed by atoms with Gasteiger partial charge in [-0.25, -0.2) is 17.5 Å². The van der Waals surface area contributed by atoms with Crippen molar-refractivity contribution in [1.29, 1.82) is 0 Å². The molecule has 1 aliphatic heterocycles. The Morgan fingerprint density at radius 1 is 1.47 bits per heavy atom. The van der Waals surface area contributed by atoms with Crippen molar-refractivity contribution < 1.29 is 17.5 Å². The summed E-state index contributed by atoms with van der Waals surface area (Å²) in [6, 6.07) is 5.70. The van der Waals surface area contributed by atoms with Gasteiger partial charge in [0.25, 0.3) is 0 Å². The zero-order valence-electron chi connectivity index (χ0n) is 10.8. The number of nitrogens with one attached hydrogen (secondary N) is 1. The molecular weight excluding hydrogens is 269 g/mol. The molecule has 6 heteroatoms. The van der Waals surface area contributed by atoms with Crippen molar-refractivity contribution in [1.82, 2.24) is 4.72 Å². The van der Waals surface area contributed by atoms with Crippen LogP contribution in [0.25, 0.3) is 0 Å². The van der Waals surface area contributed by atoms with Crippen LogP contribution >= 0.6 is 0 Å². The summed E-state index contributed by atoms with van der Waals surface area (Å²) in [5, 5.41) is -0.534. The van der Waals surface area contributed by atoms with Crippen molar-refractivity contribution in [2.75, 3.05) is 13.2 Å². The lowest BCUT2D eigenvalue weighted by Gasteiger charge is -2.20. The first-order chi connectivity index (χ1) is 9.04. The van der Waals surface area contributed by atoms with Crippen molar-refractivity contribution in [3.05, 3.63) is 35.6 Å². The highest BCUT2D eigenvalue weighted by molar-refractivity contribution is 7.90. The highest BCUT2D eigenvalue weighted by Gasteiger charge is 2.31. The summed E-state index contributed by atoms with van der Waals surface area (Å²) in [6.45, 7) is 2.50. The second kappa shape index (κ2) is 5.98. The first-order valence-electron chi connectivity index (χ1n) is 6.38. The fourth-order valence-corrected chi connectivity index (χ4v) is 3.74. The lowest BCUT2D eigenvalue weighted by atomic mass is 10.1. The zero-order valence-corrected chi connectivity index (χ0v) is 11.6. The molecule has 0 bridgehead atoms. The predicted octanol–water partition coefficient (Wildman–Crippen LogP) is 1.99. The van der Waals surface area contributed by atoms with Crippen molar-refractivity contribution in [3.63, 3.8) is 0 Å².